The van der Waals surface area contributed by atoms with Gasteiger partial charge in [0.2, 0.25) is 5.78 Å². The minimum atomic E-state index is -1.36. The van der Waals surface area contributed by atoms with Crippen LogP contribution in [0.25, 0.3) is 0 Å². The molecule has 0 aromatic heterocycles. The largest absolute Gasteiger partial charge is 0.507 e. The summed E-state index contributed by atoms with van der Waals surface area (Å²) in [5, 5.41) is 43.7. The summed E-state index contributed by atoms with van der Waals surface area (Å²) in [6.45, 7) is 3.20. The Morgan fingerprint density at radius 3 is 2.47 bits per heavy atom. The van der Waals surface area contributed by atoms with Crippen molar-refractivity contribution in [1.82, 2.24) is 0 Å². The number of aromatic hydroxyl groups is 2. The van der Waals surface area contributed by atoms with Crippen molar-refractivity contribution < 1.29 is 44.2 Å². The lowest BCUT2D eigenvalue weighted by atomic mass is 9.73. The summed E-state index contributed by atoms with van der Waals surface area (Å²) in [7, 11) is 1.37. The van der Waals surface area contributed by atoms with Gasteiger partial charge in [0.15, 0.2) is 12.1 Å². The summed E-state index contributed by atoms with van der Waals surface area (Å²) in [6.07, 6.45) is -3.28. The molecule has 1 heterocycles. The Bertz CT molecular complexity index is 1260. The molecule has 2 aromatic carbocycles. The molecule has 192 valence electrons. The molecule has 0 radical (unpaired) electrons. The summed E-state index contributed by atoms with van der Waals surface area (Å²) in [4.78, 5) is 27.0. The van der Waals surface area contributed by atoms with Gasteiger partial charge in [-0.2, -0.15) is 0 Å². The van der Waals surface area contributed by atoms with E-state index in [2.05, 4.69) is 0 Å². The molecule has 0 spiro atoms. The Hall–Kier alpha value is -3.02. The molecule has 5 rings (SSSR count). The van der Waals surface area contributed by atoms with Crippen LogP contribution in [-0.4, -0.2) is 69.2 Å². The van der Waals surface area contributed by atoms with Crippen LogP contribution >= 0.6 is 0 Å². The molecule has 0 saturated carbocycles. The number of hydrogen-bond donors (Lipinski definition) is 5. The Kier molecular flexibility index (Phi) is 5.85. The molecule has 10 heteroatoms. The van der Waals surface area contributed by atoms with Gasteiger partial charge in [-0.15, -0.1) is 0 Å². The number of ether oxygens (including phenoxy) is 3. The van der Waals surface area contributed by atoms with E-state index in [0.29, 0.717) is 0 Å². The molecular weight excluding hydrogens is 470 g/mol. The zero-order chi connectivity index (χ0) is 26.1. The fourth-order valence-corrected chi connectivity index (χ4v) is 5.57. The first kappa shape index (κ1) is 24.7. The third kappa shape index (κ3) is 3.68. The number of carbonyl (C=O) groups is 2. The van der Waals surface area contributed by atoms with Crippen molar-refractivity contribution in [1.29, 1.82) is 0 Å². The first-order valence-electron chi connectivity index (χ1n) is 11.8. The average Bonchev–Trinajstić information content (AvgIpc) is 2.81. The van der Waals surface area contributed by atoms with Crippen LogP contribution < -0.4 is 10.5 Å². The number of benzene rings is 2. The van der Waals surface area contributed by atoms with E-state index in [1.165, 1.54) is 19.2 Å². The van der Waals surface area contributed by atoms with Crippen molar-refractivity contribution in [2.45, 2.75) is 69.4 Å². The number of ketones is 2. The SMILES string of the molecule is COc1cccc2c1C(=O)c1c(O)c3c(c(O)c1C2=O)CC(C)(O)CC3OC1CC(N)C(O)C(C)O1. The van der Waals surface area contributed by atoms with Crippen molar-refractivity contribution in [2.75, 3.05) is 7.11 Å². The Morgan fingerprint density at radius 1 is 1.11 bits per heavy atom. The fourth-order valence-electron chi connectivity index (χ4n) is 5.57. The number of carbonyl (C=O) groups excluding carboxylic acids is 2. The van der Waals surface area contributed by atoms with Crippen LogP contribution in [-0.2, 0) is 15.9 Å². The zero-order valence-electron chi connectivity index (χ0n) is 20.1. The number of aliphatic hydroxyl groups excluding tert-OH is 1. The topological polar surface area (TPSA) is 169 Å². The molecule has 2 aromatic rings. The highest BCUT2D eigenvalue weighted by atomic mass is 16.7. The summed E-state index contributed by atoms with van der Waals surface area (Å²) >= 11 is 0. The minimum Gasteiger partial charge on any atom is -0.507 e. The molecule has 1 aliphatic heterocycles. The maximum atomic E-state index is 13.6. The Labute approximate surface area is 207 Å². The van der Waals surface area contributed by atoms with Gasteiger partial charge in [0.25, 0.3) is 0 Å². The van der Waals surface area contributed by atoms with Crippen molar-refractivity contribution in [3.05, 3.63) is 51.6 Å². The van der Waals surface area contributed by atoms with Gasteiger partial charge in [-0.1, -0.05) is 12.1 Å². The number of rotatable bonds is 3. The summed E-state index contributed by atoms with van der Waals surface area (Å²) < 4.78 is 17.1. The van der Waals surface area contributed by atoms with Gasteiger partial charge in [0.05, 0.1) is 47.7 Å². The third-order valence-electron chi connectivity index (χ3n) is 7.33. The van der Waals surface area contributed by atoms with Crippen LogP contribution in [0.3, 0.4) is 0 Å². The minimum absolute atomic E-state index is 0.00294. The molecule has 0 amide bonds. The van der Waals surface area contributed by atoms with Crippen molar-refractivity contribution in [2.24, 2.45) is 5.73 Å². The number of fused-ring (bicyclic) bond motifs is 3. The molecule has 6 unspecified atom stereocenters. The number of phenolic OH excluding ortho intramolecular Hbond substituents is 2. The molecule has 36 heavy (non-hydrogen) atoms. The number of aliphatic hydroxyl groups is 2. The number of hydrogen-bond acceptors (Lipinski definition) is 10. The smallest absolute Gasteiger partial charge is 0.202 e. The molecule has 6 atom stereocenters. The fraction of sp³-hybridized carbons (Fsp3) is 0.462. The van der Waals surface area contributed by atoms with E-state index in [0.717, 1.165) is 0 Å². The van der Waals surface area contributed by atoms with Crippen molar-refractivity contribution in [3.63, 3.8) is 0 Å². The lowest BCUT2D eigenvalue weighted by molar-refractivity contribution is -0.247. The lowest BCUT2D eigenvalue weighted by Crippen LogP contribution is -2.52. The standard InChI is InChI=1S/C26H29NO9/c1-10-21(28)13(27)7-16(35-10)36-15-9-26(2,33)8-12-18(15)25(32)20-19(23(12)30)22(29)11-5-4-6-14(34-3)17(11)24(20)31/h4-6,10,13,15-16,21,28,30,32-33H,7-9,27H2,1-3H3. The van der Waals surface area contributed by atoms with Gasteiger partial charge in [0.1, 0.15) is 17.2 Å². The zero-order valence-corrected chi connectivity index (χ0v) is 20.1. The van der Waals surface area contributed by atoms with E-state index < -0.39 is 59.3 Å². The molecule has 1 saturated heterocycles. The van der Waals surface area contributed by atoms with E-state index in [4.69, 9.17) is 19.9 Å². The normalized spacial score (nSPS) is 31.4. The Balaban J connectivity index is 1.65. The highest BCUT2D eigenvalue weighted by Crippen LogP contribution is 2.52. The van der Waals surface area contributed by atoms with E-state index in [1.54, 1.807) is 19.9 Å². The van der Waals surface area contributed by atoms with Crippen LogP contribution in [0.15, 0.2) is 18.2 Å². The van der Waals surface area contributed by atoms with Gasteiger partial charge < -0.3 is 40.4 Å². The number of methoxy groups -OCH3 is 1. The van der Waals surface area contributed by atoms with Gasteiger partial charge in [0, 0.05) is 42.0 Å². The molecule has 10 nitrogen and oxygen atoms in total. The van der Waals surface area contributed by atoms with Crippen molar-refractivity contribution in [3.8, 4) is 17.2 Å². The summed E-state index contributed by atoms with van der Waals surface area (Å²) in [5.41, 5.74) is 4.27. The second-order valence-corrected chi connectivity index (χ2v) is 10.0. The van der Waals surface area contributed by atoms with Crippen LogP contribution in [0, 0.1) is 0 Å². The summed E-state index contributed by atoms with van der Waals surface area (Å²) in [5.74, 6) is -2.12. The predicted octanol–water partition coefficient (Wildman–Crippen LogP) is 1.46. The second-order valence-electron chi connectivity index (χ2n) is 10.0. The van der Waals surface area contributed by atoms with Gasteiger partial charge in [-0.25, -0.2) is 0 Å². The molecule has 1 fully saturated rings. The predicted molar refractivity (Wildman–Crippen MR) is 125 cm³/mol. The highest BCUT2D eigenvalue weighted by molar-refractivity contribution is 6.31. The second kappa shape index (κ2) is 8.53. The van der Waals surface area contributed by atoms with Crippen LogP contribution in [0.1, 0.15) is 75.8 Å². The number of nitrogens with two attached hydrogens (primary N) is 1. The quantitative estimate of drug-likeness (QED) is 0.333. The highest BCUT2D eigenvalue weighted by Gasteiger charge is 2.46. The van der Waals surface area contributed by atoms with Crippen LogP contribution in [0.4, 0.5) is 0 Å². The third-order valence-corrected chi connectivity index (χ3v) is 7.33. The molecular formula is C26H29NO9. The van der Waals surface area contributed by atoms with E-state index >= 15 is 0 Å². The maximum Gasteiger partial charge on any atom is 0.202 e. The van der Waals surface area contributed by atoms with E-state index in [-0.39, 0.29) is 58.4 Å². The lowest BCUT2D eigenvalue weighted by Gasteiger charge is -2.41. The van der Waals surface area contributed by atoms with E-state index in [9.17, 15) is 30.0 Å². The maximum absolute atomic E-state index is 13.6. The molecule has 6 N–H and O–H groups in total. The molecule has 3 aliphatic rings. The van der Waals surface area contributed by atoms with Gasteiger partial charge in [-0.05, 0) is 19.9 Å². The first-order chi connectivity index (χ1) is 16.9. The molecule has 2 aliphatic carbocycles. The number of phenols is 2. The molecule has 0 bridgehead atoms. The van der Waals surface area contributed by atoms with Crippen molar-refractivity contribution >= 4 is 11.6 Å². The van der Waals surface area contributed by atoms with Crippen LogP contribution in [0.5, 0.6) is 17.2 Å². The average molecular weight is 500 g/mol. The monoisotopic (exact) mass is 499 g/mol. The van der Waals surface area contributed by atoms with Gasteiger partial charge >= 0.3 is 0 Å². The van der Waals surface area contributed by atoms with Crippen LogP contribution in [0.2, 0.25) is 0 Å². The van der Waals surface area contributed by atoms with Gasteiger partial charge in [-0.3, -0.25) is 9.59 Å². The van der Waals surface area contributed by atoms with E-state index in [1.807, 2.05) is 0 Å². The first-order valence-corrected chi connectivity index (χ1v) is 11.8. The summed E-state index contributed by atoms with van der Waals surface area (Å²) in [6, 6.07) is 3.94. The Morgan fingerprint density at radius 2 is 1.81 bits per heavy atom.